The minimum atomic E-state index is -0.320. The van der Waals surface area contributed by atoms with Gasteiger partial charge in [-0.05, 0) is 18.6 Å². The molecule has 1 aromatic carbocycles. The second-order valence-electron chi connectivity index (χ2n) is 7.16. The molecule has 1 fully saturated rings. The smallest absolute Gasteiger partial charge is 0.334 e. The van der Waals surface area contributed by atoms with Crippen molar-refractivity contribution in [2.24, 2.45) is 7.05 Å². The van der Waals surface area contributed by atoms with E-state index in [1.807, 2.05) is 36.1 Å². The van der Waals surface area contributed by atoms with E-state index in [9.17, 15) is 10.1 Å². The summed E-state index contributed by atoms with van der Waals surface area (Å²) in [6.45, 7) is 5.32. The first-order chi connectivity index (χ1) is 14.0. The van der Waals surface area contributed by atoms with Gasteiger partial charge in [-0.15, -0.1) is 0 Å². The van der Waals surface area contributed by atoms with Crippen LogP contribution in [0.25, 0.3) is 10.9 Å². The molecule has 10 nitrogen and oxygen atoms in total. The van der Waals surface area contributed by atoms with E-state index in [2.05, 4.69) is 20.0 Å². The first kappa shape index (κ1) is 19.1. The van der Waals surface area contributed by atoms with Gasteiger partial charge in [0, 0.05) is 38.6 Å². The molecule has 4 rings (SSSR count). The lowest BCUT2D eigenvalue weighted by Crippen LogP contribution is -2.47. The summed E-state index contributed by atoms with van der Waals surface area (Å²) in [4.78, 5) is 24.6. The van der Waals surface area contributed by atoms with Crippen molar-refractivity contribution in [1.29, 1.82) is 0 Å². The van der Waals surface area contributed by atoms with E-state index in [1.54, 1.807) is 11.7 Å². The molecule has 0 radical (unpaired) electrons. The van der Waals surface area contributed by atoms with Gasteiger partial charge < -0.3 is 10.6 Å². The third kappa shape index (κ3) is 3.58. The third-order valence-corrected chi connectivity index (χ3v) is 5.30. The highest BCUT2D eigenvalue weighted by Gasteiger charge is 2.31. The Hall–Kier alpha value is -3.27. The molecule has 2 N–H and O–H groups in total. The largest absolute Gasteiger partial charge is 0.383 e. The lowest BCUT2D eigenvalue weighted by molar-refractivity contribution is -0.384. The third-order valence-electron chi connectivity index (χ3n) is 5.30. The summed E-state index contributed by atoms with van der Waals surface area (Å²) in [5, 5.41) is 16.8. The highest BCUT2D eigenvalue weighted by molar-refractivity contribution is 5.87. The highest BCUT2D eigenvalue weighted by Crippen LogP contribution is 2.32. The number of nitrogens with two attached hydrogens (primary N) is 1. The number of fused-ring (bicyclic) bond motifs is 1. The van der Waals surface area contributed by atoms with E-state index >= 15 is 0 Å². The topological polar surface area (TPSA) is 119 Å². The fourth-order valence-electron chi connectivity index (χ4n) is 3.88. The molecule has 0 unspecified atom stereocenters. The molecular weight excluding hydrogens is 372 g/mol. The van der Waals surface area contributed by atoms with Crippen LogP contribution in [-0.2, 0) is 20.0 Å². The maximum Gasteiger partial charge on any atom is 0.334 e. The van der Waals surface area contributed by atoms with Crippen LogP contribution in [-0.4, -0.2) is 55.8 Å². The Morgan fingerprint density at radius 3 is 2.59 bits per heavy atom. The summed E-state index contributed by atoms with van der Waals surface area (Å²) in [5.74, 6) is 1.76. The van der Waals surface area contributed by atoms with Crippen LogP contribution in [0.5, 0.6) is 0 Å². The quantitative estimate of drug-likeness (QED) is 0.512. The molecule has 3 heterocycles. The van der Waals surface area contributed by atoms with Crippen molar-refractivity contribution in [3.8, 4) is 0 Å². The summed E-state index contributed by atoms with van der Waals surface area (Å²) in [6, 6.07) is 7.70. The van der Waals surface area contributed by atoms with Crippen LogP contribution in [0.4, 0.5) is 17.3 Å². The molecule has 0 saturated carbocycles. The average molecular weight is 396 g/mol. The van der Waals surface area contributed by atoms with Gasteiger partial charge in [-0.3, -0.25) is 15.0 Å². The van der Waals surface area contributed by atoms with Crippen LogP contribution >= 0.6 is 0 Å². The zero-order valence-corrected chi connectivity index (χ0v) is 16.6. The molecule has 1 aliphatic rings. The van der Waals surface area contributed by atoms with Gasteiger partial charge in [0.2, 0.25) is 5.82 Å². The molecule has 1 aliphatic heterocycles. The summed E-state index contributed by atoms with van der Waals surface area (Å²) in [6.07, 6.45) is 0.533. The van der Waals surface area contributed by atoms with Crippen molar-refractivity contribution in [3.05, 3.63) is 45.9 Å². The fraction of sp³-hybridized carbons (Fsp3) is 0.421. The van der Waals surface area contributed by atoms with Crippen molar-refractivity contribution in [2.75, 3.05) is 36.8 Å². The number of nitro groups is 1. The molecule has 0 aliphatic carbocycles. The van der Waals surface area contributed by atoms with E-state index in [0.717, 1.165) is 24.0 Å². The average Bonchev–Trinajstić information content (AvgIpc) is 3.05. The van der Waals surface area contributed by atoms with Crippen LogP contribution in [0.2, 0.25) is 0 Å². The van der Waals surface area contributed by atoms with Crippen LogP contribution in [0.15, 0.2) is 24.3 Å². The van der Waals surface area contributed by atoms with E-state index in [4.69, 9.17) is 5.73 Å². The van der Waals surface area contributed by atoms with Gasteiger partial charge in [-0.2, -0.15) is 5.10 Å². The Morgan fingerprint density at radius 2 is 1.90 bits per heavy atom. The summed E-state index contributed by atoms with van der Waals surface area (Å²) < 4.78 is 1.62. The van der Waals surface area contributed by atoms with Crippen molar-refractivity contribution < 1.29 is 4.92 Å². The van der Waals surface area contributed by atoms with Crippen molar-refractivity contribution in [2.45, 2.75) is 19.9 Å². The molecule has 1 saturated heterocycles. The van der Waals surface area contributed by atoms with Crippen LogP contribution in [0.3, 0.4) is 0 Å². The number of nitrogen functional groups attached to an aromatic ring is 1. The molecule has 0 bridgehead atoms. The number of benzene rings is 1. The van der Waals surface area contributed by atoms with Crippen LogP contribution < -0.4 is 10.6 Å². The van der Waals surface area contributed by atoms with E-state index in [1.165, 1.54) is 0 Å². The maximum absolute atomic E-state index is 11.6. The number of rotatable bonds is 5. The van der Waals surface area contributed by atoms with Gasteiger partial charge in [0.05, 0.1) is 17.0 Å². The molecule has 2 aromatic heterocycles. The monoisotopic (exact) mass is 396 g/mol. The molecule has 3 aromatic rings. The van der Waals surface area contributed by atoms with E-state index in [-0.39, 0.29) is 10.6 Å². The van der Waals surface area contributed by atoms with Crippen LogP contribution in [0.1, 0.15) is 18.4 Å². The molecule has 10 heteroatoms. The first-order valence-corrected chi connectivity index (χ1v) is 9.66. The minimum Gasteiger partial charge on any atom is -0.383 e. The summed E-state index contributed by atoms with van der Waals surface area (Å²) in [7, 11) is 1.76. The lowest BCUT2D eigenvalue weighted by Gasteiger charge is -2.34. The standard InChI is InChI=1S/C19H24N8O2/c1-3-14-17(27(28)29)19(24(2)23-14)26-10-8-25(9-11-26)12-16-21-15-7-5-4-6-13(15)18(20)22-16/h4-7H,3,8-12H2,1-2H3,(H2,20,21,22). The maximum atomic E-state index is 11.6. The van der Waals surface area contributed by atoms with E-state index < -0.39 is 0 Å². The predicted molar refractivity (Wildman–Crippen MR) is 111 cm³/mol. The summed E-state index contributed by atoms with van der Waals surface area (Å²) in [5.41, 5.74) is 7.57. The number of aromatic nitrogens is 4. The number of hydrogen-bond donors (Lipinski definition) is 1. The number of nitrogens with zero attached hydrogens (tertiary/aromatic N) is 7. The van der Waals surface area contributed by atoms with Gasteiger partial charge >= 0.3 is 5.69 Å². The lowest BCUT2D eigenvalue weighted by atomic mass is 10.2. The molecule has 0 atom stereocenters. The van der Waals surface area contributed by atoms with Gasteiger partial charge in [-0.1, -0.05) is 19.1 Å². The normalized spacial score (nSPS) is 15.2. The molecule has 29 heavy (non-hydrogen) atoms. The number of hydrogen-bond acceptors (Lipinski definition) is 8. The fourth-order valence-corrected chi connectivity index (χ4v) is 3.88. The van der Waals surface area contributed by atoms with Gasteiger partial charge in [-0.25, -0.2) is 14.6 Å². The summed E-state index contributed by atoms with van der Waals surface area (Å²) >= 11 is 0. The Bertz CT molecular complexity index is 1060. The Morgan fingerprint density at radius 1 is 1.17 bits per heavy atom. The SMILES string of the molecule is CCc1nn(C)c(N2CCN(Cc3nc(N)c4ccccc4n3)CC2)c1[N+](=O)[O-]. The molecular formula is C19H24N8O2. The highest BCUT2D eigenvalue weighted by atomic mass is 16.6. The molecule has 152 valence electrons. The second-order valence-corrected chi connectivity index (χ2v) is 7.16. The molecule has 0 spiro atoms. The van der Waals surface area contributed by atoms with E-state index in [0.29, 0.717) is 49.2 Å². The second kappa shape index (κ2) is 7.63. The van der Waals surface area contributed by atoms with Crippen LogP contribution in [0, 0.1) is 10.1 Å². The number of anilines is 2. The van der Waals surface area contributed by atoms with Crippen molar-refractivity contribution >= 4 is 28.2 Å². The molecule has 0 amide bonds. The van der Waals surface area contributed by atoms with Crippen molar-refractivity contribution in [1.82, 2.24) is 24.6 Å². The van der Waals surface area contributed by atoms with Gasteiger partial charge in [0.25, 0.3) is 0 Å². The Balaban J connectivity index is 1.48. The number of aryl methyl sites for hydroxylation is 2. The minimum absolute atomic E-state index is 0.120. The predicted octanol–water partition coefficient (Wildman–Crippen LogP) is 1.74. The number of piperazine rings is 1. The Kier molecular flexibility index (Phi) is 5.01. The van der Waals surface area contributed by atoms with Gasteiger partial charge in [0.15, 0.2) is 0 Å². The Labute approximate surface area is 168 Å². The zero-order chi connectivity index (χ0) is 20.5. The zero-order valence-electron chi connectivity index (χ0n) is 16.6. The van der Waals surface area contributed by atoms with Crippen molar-refractivity contribution in [3.63, 3.8) is 0 Å². The number of para-hydroxylation sites is 1. The first-order valence-electron chi connectivity index (χ1n) is 9.66. The van der Waals surface area contributed by atoms with Gasteiger partial charge in [0.1, 0.15) is 17.3 Å².